The first kappa shape index (κ1) is 13.1. The van der Waals surface area contributed by atoms with Crippen molar-refractivity contribution < 1.29 is 4.79 Å². The molecule has 2 N–H and O–H groups in total. The first-order chi connectivity index (χ1) is 8.74. The number of carbonyl (C=O) groups is 1. The number of aromatic nitrogens is 2. The zero-order valence-electron chi connectivity index (χ0n) is 11.0. The molecule has 0 aliphatic carbocycles. The van der Waals surface area contributed by atoms with Crippen molar-refractivity contribution in [3.05, 3.63) is 18.0 Å². The highest BCUT2D eigenvalue weighted by molar-refractivity contribution is 5.78. The van der Waals surface area contributed by atoms with Crippen molar-refractivity contribution >= 4 is 5.91 Å². The summed E-state index contributed by atoms with van der Waals surface area (Å²) in [6, 6.07) is 2.04. The molecule has 5 nitrogen and oxygen atoms in total. The van der Waals surface area contributed by atoms with E-state index in [1.807, 2.05) is 6.07 Å². The van der Waals surface area contributed by atoms with Crippen molar-refractivity contribution in [1.29, 1.82) is 0 Å². The highest BCUT2D eigenvalue weighted by Crippen LogP contribution is 2.08. The van der Waals surface area contributed by atoms with Gasteiger partial charge in [-0.3, -0.25) is 9.89 Å². The lowest BCUT2D eigenvalue weighted by Gasteiger charge is -2.29. The fourth-order valence-electron chi connectivity index (χ4n) is 2.46. The number of hydrogen-bond acceptors (Lipinski definition) is 3. The third-order valence-electron chi connectivity index (χ3n) is 3.30. The summed E-state index contributed by atoms with van der Waals surface area (Å²) in [7, 11) is 0. The normalized spacial score (nSPS) is 18.5. The molecule has 0 bridgehead atoms. The van der Waals surface area contributed by atoms with E-state index in [0.29, 0.717) is 6.42 Å². The van der Waals surface area contributed by atoms with Crippen LogP contribution in [0.4, 0.5) is 0 Å². The fourth-order valence-corrected chi connectivity index (χ4v) is 2.46. The Labute approximate surface area is 108 Å². The largest absolute Gasteiger partial charge is 0.352 e. The smallest absolute Gasteiger partial charge is 0.226 e. The van der Waals surface area contributed by atoms with Crippen LogP contribution in [0, 0.1) is 0 Å². The summed E-state index contributed by atoms with van der Waals surface area (Å²) in [5.41, 5.74) is 0.859. The van der Waals surface area contributed by atoms with Gasteiger partial charge in [-0.15, -0.1) is 0 Å². The van der Waals surface area contributed by atoms with Gasteiger partial charge in [-0.25, -0.2) is 0 Å². The van der Waals surface area contributed by atoms with Crippen LogP contribution < -0.4 is 5.32 Å². The zero-order chi connectivity index (χ0) is 12.8. The van der Waals surface area contributed by atoms with Crippen LogP contribution in [0.15, 0.2) is 12.3 Å². The van der Waals surface area contributed by atoms with Gasteiger partial charge >= 0.3 is 0 Å². The molecule has 1 aliphatic heterocycles. The fraction of sp³-hybridized carbons (Fsp3) is 0.692. The Morgan fingerprint density at radius 3 is 2.94 bits per heavy atom. The predicted molar refractivity (Wildman–Crippen MR) is 70.2 cm³/mol. The molecule has 1 amide bonds. The standard InChI is InChI=1S/C13H22N4O/c1-11(10-17-7-3-2-4-8-17)15-13(18)9-12-5-6-14-16-12/h5-6,11H,2-4,7-10H2,1H3,(H,14,16)(H,15,18). The van der Waals surface area contributed by atoms with Crippen LogP contribution in [0.3, 0.4) is 0 Å². The number of carbonyl (C=O) groups excluding carboxylic acids is 1. The van der Waals surface area contributed by atoms with Crippen LogP contribution in [0.5, 0.6) is 0 Å². The Balaban J connectivity index is 1.69. The van der Waals surface area contributed by atoms with E-state index in [2.05, 4.69) is 27.3 Å². The van der Waals surface area contributed by atoms with E-state index >= 15 is 0 Å². The van der Waals surface area contributed by atoms with Crippen molar-refractivity contribution in [2.45, 2.75) is 38.6 Å². The van der Waals surface area contributed by atoms with Gasteiger partial charge in [-0.05, 0) is 38.9 Å². The molecule has 100 valence electrons. The summed E-state index contributed by atoms with van der Waals surface area (Å²) in [5.74, 6) is 0.0590. The Hall–Kier alpha value is -1.36. The number of nitrogens with one attached hydrogen (secondary N) is 2. The lowest BCUT2D eigenvalue weighted by Crippen LogP contribution is -2.44. The minimum Gasteiger partial charge on any atom is -0.352 e. The Morgan fingerprint density at radius 2 is 2.28 bits per heavy atom. The van der Waals surface area contributed by atoms with Crippen LogP contribution in [-0.2, 0) is 11.2 Å². The van der Waals surface area contributed by atoms with E-state index in [1.165, 1.54) is 32.4 Å². The average molecular weight is 250 g/mol. The molecule has 1 aromatic rings. The third-order valence-corrected chi connectivity index (χ3v) is 3.30. The van der Waals surface area contributed by atoms with Gasteiger partial charge in [0.1, 0.15) is 0 Å². The van der Waals surface area contributed by atoms with Gasteiger partial charge < -0.3 is 10.2 Å². The molecule has 0 saturated carbocycles. The highest BCUT2D eigenvalue weighted by atomic mass is 16.1. The van der Waals surface area contributed by atoms with E-state index in [4.69, 9.17) is 0 Å². The summed E-state index contributed by atoms with van der Waals surface area (Å²) in [4.78, 5) is 14.2. The molecule has 1 fully saturated rings. The van der Waals surface area contributed by atoms with Gasteiger partial charge in [-0.1, -0.05) is 6.42 Å². The third kappa shape index (κ3) is 4.14. The molecule has 2 rings (SSSR count). The zero-order valence-corrected chi connectivity index (χ0v) is 11.0. The lowest BCUT2D eigenvalue weighted by atomic mass is 10.1. The van der Waals surface area contributed by atoms with Gasteiger partial charge in [0.15, 0.2) is 0 Å². The molecule has 0 radical (unpaired) electrons. The van der Waals surface area contributed by atoms with Gasteiger partial charge in [0.2, 0.25) is 5.91 Å². The molecule has 18 heavy (non-hydrogen) atoms. The number of nitrogens with zero attached hydrogens (tertiary/aromatic N) is 2. The SMILES string of the molecule is CC(CN1CCCCC1)NC(=O)Cc1ccn[nH]1. The summed E-state index contributed by atoms with van der Waals surface area (Å²) in [5, 5.41) is 9.67. The van der Waals surface area contributed by atoms with Crippen LogP contribution >= 0.6 is 0 Å². The second-order valence-corrected chi connectivity index (χ2v) is 5.09. The molecule has 5 heteroatoms. The maximum atomic E-state index is 11.8. The first-order valence-corrected chi connectivity index (χ1v) is 6.74. The van der Waals surface area contributed by atoms with Gasteiger partial charge in [-0.2, -0.15) is 5.10 Å². The number of amides is 1. The molecular formula is C13H22N4O. The number of piperidine rings is 1. The van der Waals surface area contributed by atoms with Crippen LogP contribution in [0.1, 0.15) is 31.9 Å². The molecule has 1 unspecified atom stereocenters. The van der Waals surface area contributed by atoms with E-state index in [-0.39, 0.29) is 11.9 Å². The lowest BCUT2D eigenvalue weighted by molar-refractivity contribution is -0.121. The van der Waals surface area contributed by atoms with Crippen molar-refractivity contribution in [3.63, 3.8) is 0 Å². The maximum absolute atomic E-state index is 11.8. The van der Waals surface area contributed by atoms with Crippen LogP contribution in [-0.4, -0.2) is 46.7 Å². The van der Waals surface area contributed by atoms with Gasteiger partial charge in [0.05, 0.1) is 6.42 Å². The van der Waals surface area contributed by atoms with Crippen molar-refractivity contribution in [3.8, 4) is 0 Å². The molecule has 0 spiro atoms. The van der Waals surface area contributed by atoms with E-state index < -0.39 is 0 Å². The van der Waals surface area contributed by atoms with E-state index in [0.717, 1.165) is 12.2 Å². The van der Waals surface area contributed by atoms with Crippen molar-refractivity contribution in [1.82, 2.24) is 20.4 Å². The number of aromatic amines is 1. The Morgan fingerprint density at radius 1 is 1.50 bits per heavy atom. The van der Waals surface area contributed by atoms with Crippen molar-refractivity contribution in [2.24, 2.45) is 0 Å². The Bertz CT molecular complexity index is 357. The first-order valence-electron chi connectivity index (χ1n) is 6.74. The predicted octanol–water partition coefficient (Wildman–Crippen LogP) is 0.943. The number of rotatable bonds is 5. The minimum absolute atomic E-state index is 0.0590. The maximum Gasteiger partial charge on any atom is 0.226 e. The molecule has 1 atom stereocenters. The molecule has 1 saturated heterocycles. The second-order valence-electron chi connectivity index (χ2n) is 5.09. The Kier molecular flexibility index (Phi) is 4.75. The van der Waals surface area contributed by atoms with E-state index in [1.54, 1.807) is 6.20 Å². The summed E-state index contributed by atoms with van der Waals surface area (Å²) >= 11 is 0. The topological polar surface area (TPSA) is 61.0 Å². The van der Waals surface area contributed by atoms with Crippen LogP contribution in [0.25, 0.3) is 0 Å². The monoisotopic (exact) mass is 250 g/mol. The molecule has 1 aliphatic rings. The number of likely N-dealkylation sites (tertiary alicyclic amines) is 1. The molecule has 1 aromatic heterocycles. The summed E-state index contributed by atoms with van der Waals surface area (Å²) in [6.45, 7) is 5.36. The number of hydrogen-bond donors (Lipinski definition) is 2. The van der Waals surface area contributed by atoms with Crippen molar-refractivity contribution in [2.75, 3.05) is 19.6 Å². The highest BCUT2D eigenvalue weighted by Gasteiger charge is 2.15. The van der Waals surface area contributed by atoms with Gasteiger partial charge in [0, 0.05) is 24.5 Å². The summed E-state index contributed by atoms with van der Waals surface area (Å²) < 4.78 is 0. The molecular weight excluding hydrogens is 228 g/mol. The second kappa shape index (κ2) is 6.54. The van der Waals surface area contributed by atoms with E-state index in [9.17, 15) is 4.79 Å². The minimum atomic E-state index is 0.0590. The van der Waals surface area contributed by atoms with Crippen LogP contribution in [0.2, 0.25) is 0 Å². The molecule has 2 heterocycles. The quantitative estimate of drug-likeness (QED) is 0.817. The van der Waals surface area contributed by atoms with Gasteiger partial charge in [0.25, 0.3) is 0 Å². The summed E-state index contributed by atoms with van der Waals surface area (Å²) in [6.07, 6.45) is 5.96. The number of H-pyrrole nitrogens is 1. The molecule has 0 aromatic carbocycles. The average Bonchev–Trinajstić information content (AvgIpc) is 2.82.